The number of likely N-dealkylation sites (tertiary alicyclic amines) is 1. The second kappa shape index (κ2) is 6.36. The van der Waals surface area contributed by atoms with Crippen molar-refractivity contribution in [1.82, 2.24) is 4.90 Å². The van der Waals surface area contributed by atoms with Crippen LogP contribution >= 0.6 is 11.6 Å². The molecule has 0 saturated carbocycles. The van der Waals surface area contributed by atoms with E-state index in [0.29, 0.717) is 29.9 Å². The van der Waals surface area contributed by atoms with Crippen molar-refractivity contribution in [2.45, 2.75) is 13.0 Å². The molecule has 4 nitrogen and oxygen atoms in total. The van der Waals surface area contributed by atoms with Crippen molar-refractivity contribution in [2.24, 2.45) is 11.1 Å². The number of fused-ring (bicyclic) bond motifs is 1. The van der Waals surface area contributed by atoms with E-state index in [-0.39, 0.29) is 28.5 Å². The molecule has 1 fully saturated rings. The molecule has 1 saturated heterocycles. The summed E-state index contributed by atoms with van der Waals surface area (Å²) in [5.41, 5.74) is 1.62. The number of hydrogen-bond acceptors (Lipinski definition) is 3. The summed E-state index contributed by atoms with van der Waals surface area (Å²) < 4.78 is 27.8. The number of amides is 1. The van der Waals surface area contributed by atoms with Gasteiger partial charge in [0.25, 0.3) is 5.91 Å². The number of rotatable bonds is 2. The van der Waals surface area contributed by atoms with Gasteiger partial charge in [-0.15, -0.1) is 0 Å². The minimum Gasteiger partial charge on any atom is -0.390 e. The fraction of sp³-hybridized carbons (Fsp3) is 0.263. The summed E-state index contributed by atoms with van der Waals surface area (Å²) in [6.45, 7) is 2.37. The minimum absolute atomic E-state index is 0.206. The van der Waals surface area contributed by atoms with Gasteiger partial charge in [-0.3, -0.25) is 4.79 Å². The van der Waals surface area contributed by atoms with E-state index in [1.165, 1.54) is 24.3 Å². The largest absolute Gasteiger partial charge is 0.390 e. The highest BCUT2D eigenvalue weighted by atomic mass is 35.5. The number of benzene rings is 2. The molecule has 0 aliphatic carbocycles. The molecule has 0 bridgehead atoms. The van der Waals surface area contributed by atoms with Crippen LogP contribution in [0, 0.1) is 24.5 Å². The van der Waals surface area contributed by atoms with E-state index in [1.54, 1.807) is 24.0 Å². The van der Waals surface area contributed by atoms with Crippen LogP contribution in [0.25, 0.3) is 0 Å². The number of nitrogens with zero attached hydrogens (tertiary/aromatic N) is 2. The molecule has 0 aromatic heterocycles. The van der Waals surface area contributed by atoms with Gasteiger partial charge in [0.15, 0.2) is 6.10 Å². The van der Waals surface area contributed by atoms with Gasteiger partial charge < -0.3 is 9.74 Å². The van der Waals surface area contributed by atoms with Crippen LogP contribution in [0.2, 0.25) is 5.02 Å². The molecule has 2 aliphatic heterocycles. The summed E-state index contributed by atoms with van der Waals surface area (Å²) in [6, 6.07) is 8.54. The summed E-state index contributed by atoms with van der Waals surface area (Å²) in [5.74, 6) is -1.50. The smallest absolute Gasteiger partial charge is 0.254 e. The van der Waals surface area contributed by atoms with Gasteiger partial charge in [-0.2, -0.15) is 0 Å². The monoisotopic (exact) mass is 376 g/mol. The average Bonchev–Trinajstić information content (AvgIpc) is 3.18. The Labute approximate surface area is 154 Å². The van der Waals surface area contributed by atoms with Crippen LogP contribution in [0.15, 0.2) is 41.6 Å². The molecule has 2 atom stereocenters. The Bertz CT molecular complexity index is 912. The van der Waals surface area contributed by atoms with Gasteiger partial charge in [0.05, 0.1) is 23.0 Å². The Morgan fingerprint density at radius 1 is 1.27 bits per heavy atom. The molecule has 0 N–H and O–H groups in total. The molecule has 0 radical (unpaired) electrons. The standard InChI is InChI=1S/C19H15ClF2N2O2/c1-10-5-6-11(21)7-12(10)19(25)24-8-13-16(9-24)26-23-18(13)17-14(20)3-2-4-15(17)22/h2-7,13,16H,8-9H2,1H3. The lowest BCUT2D eigenvalue weighted by molar-refractivity contribution is 0.0631. The first-order chi connectivity index (χ1) is 12.5. The third-order valence-electron chi connectivity index (χ3n) is 4.84. The molecule has 134 valence electrons. The maximum atomic E-state index is 14.2. The lowest BCUT2D eigenvalue weighted by Gasteiger charge is -2.18. The van der Waals surface area contributed by atoms with E-state index >= 15 is 0 Å². The van der Waals surface area contributed by atoms with Gasteiger partial charge in [0.1, 0.15) is 17.3 Å². The highest BCUT2D eigenvalue weighted by Gasteiger charge is 2.45. The van der Waals surface area contributed by atoms with E-state index in [0.717, 1.165) is 0 Å². The second-order valence-electron chi connectivity index (χ2n) is 6.49. The summed E-state index contributed by atoms with van der Waals surface area (Å²) in [4.78, 5) is 19.8. The Hall–Kier alpha value is -2.47. The van der Waals surface area contributed by atoms with Gasteiger partial charge in [-0.05, 0) is 36.8 Å². The Morgan fingerprint density at radius 2 is 2.08 bits per heavy atom. The Kier molecular flexibility index (Phi) is 4.15. The number of hydrogen-bond donors (Lipinski definition) is 0. The molecule has 2 aromatic rings. The first-order valence-electron chi connectivity index (χ1n) is 8.19. The van der Waals surface area contributed by atoms with E-state index < -0.39 is 11.6 Å². The second-order valence-corrected chi connectivity index (χ2v) is 6.90. The molecular formula is C19H15ClF2N2O2. The Balaban J connectivity index is 1.60. The molecule has 2 aromatic carbocycles. The molecule has 2 heterocycles. The Morgan fingerprint density at radius 3 is 2.85 bits per heavy atom. The zero-order chi connectivity index (χ0) is 18.4. The molecule has 1 amide bonds. The van der Waals surface area contributed by atoms with Crippen molar-refractivity contribution < 1.29 is 18.4 Å². The summed E-state index contributed by atoms with van der Waals surface area (Å²) >= 11 is 6.13. The quantitative estimate of drug-likeness (QED) is 0.800. The molecule has 4 rings (SSSR count). The maximum absolute atomic E-state index is 14.2. The molecule has 2 aliphatic rings. The fourth-order valence-electron chi connectivity index (χ4n) is 3.47. The van der Waals surface area contributed by atoms with Crippen molar-refractivity contribution in [2.75, 3.05) is 13.1 Å². The number of carbonyl (C=O) groups excluding carboxylic acids is 1. The molecular weight excluding hydrogens is 362 g/mol. The van der Waals surface area contributed by atoms with Gasteiger partial charge in [0, 0.05) is 12.1 Å². The van der Waals surface area contributed by atoms with Gasteiger partial charge in [-0.25, -0.2) is 8.78 Å². The summed E-state index contributed by atoms with van der Waals surface area (Å²) in [6.07, 6.45) is -0.363. The normalized spacial score (nSPS) is 21.4. The van der Waals surface area contributed by atoms with Crippen LogP contribution in [0.3, 0.4) is 0 Å². The topological polar surface area (TPSA) is 41.9 Å². The van der Waals surface area contributed by atoms with Crippen molar-refractivity contribution in [3.05, 3.63) is 69.7 Å². The van der Waals surface area contributed by atoms with Crippen molar-refractivity contribution in [1.29, 1.82) is 0 Å². The van der Waals surface area contributed by atoms with Crippen LogP contribution in [0.4, 0.5) is 8.78 Å². The molecule has 0 spiro atoms. The zero-order valence-electron chi connectivity index (χ0n) is 13.9. The van der Waals surface area contributed by atoms with Crippen LogP contribution in [0.5, 0.6) is 0 Å². The third kappa shape index (κ3) is 2.74. The predicted molar refractivity (Wildman–Crippen MR) is 93.4 cm³/mol. The number of aryl methyl sites for hydroxylation is 1. The van der Waals surface area contributed by atoms with Crippen LogP contribution in [0.1, 0.15) is 21.5 Å². The first kappa shape index (κ1) is 17.0. The van der Waals surface area contributed by atoms with Crippen molar-refractivity contribution in [3.63, 3.8) is 0 Å². The molecule has 7 heteroatoms. The van der Waals surface area contributed by atoms with Crippen LogP contribution in [-0.4, -0.2) is 35.7 Å². The third-order valence-corrected chi connectivity index (χ3v) is 5.15. The van der Waals surface area contributed by atoms with Gasteiger partial charge >= 0.3 is 0 Å². The van der Waals surface area contributed by atoms with E-state index in [2.05, 4.69) is 5.16 Å². The molecule has 2 unspecified atom stereocenters. The first-order valence-corrected chi connectivity index (χ1v) is 8.57. The number of halogens is 3. The lowest BCUT2D eigenvalue weighted by Crippen LogP contribution is -2.31. The minimum atomic E-state index is -0.480. The lowest BCUT2D eigenvalue weighted by atomic mass is 9.94. The molecule has 26 heavy (non-hydrogen) atoms. The highest BCUT2D eigenvalue weighted by Crippen LogP contribution is 2.34. The zero-order valence-corrected chi connectivity index (χ0v) is 14.6. The number of carbonyl (C=O) groups is 1. The van der Waals surface area contributed by atoms with Crippen LogP contribution < -0.4 is 0 Å². The predicted octanol–water partition coefficient (Wildman–Crippen LogP) is 3.80. The maximum Gasteiger partial charge on any atom is 0.254 e. The average molecular weight is 377 g/mol. The van der Waals surface area contributed by atoms with E-state index in [1.807, 2.05) is 0 Å². The van der Waals surface area contributed by atoms with E-state index in [9.17, 15) is 13.6 Å². The van der Waals surface area contributed by atoms with Gasteiger partial charge in [-0.1, -0.05) is 28.9 Å². The van der Waals surface area contributed by atoms with E-state index in [4.69, 9.17) is 16.4 Å². The van der Waals surface area contributed by atoms with Crippen molar-refractivity contribution >= 4 is 23.2 Å². The fourth-order valence-corrected chi connectivity index (χ4v) is 3.73. The highest BCUT2D eigenvalue weighted by molar-refractivity contribution is 6.34. The van der Waals surface area contributed by atoms with Gasteiger partial charge in [0.2, 0.25) is 0 Å². The number of oxime groups is 1. The summed E-state index contributed by atoms with van der Waals surface area (Å²) in [7, 11) is 0. The summed E-state index contributed by atoms with van der Waals surface area (Å²) in [5, 5.41) is 4.25. The van der Waals surface area contributed by atoms with Crippen molar-refractivity contribution in [3.8, 4) is 0 Å². The van der Waals surface area contributed by atoms with Crippen LogP contribution in [-0.2, 0) is 4.84 Å². The SMILES string of the molecule is Cc1ccc(F)cc1C(=O)N1CC2ON=C(c3c(F)cccc3Cl)C2C1.